The number of thiazole rings is 1. The van der Waals surface area contributed by atoms with E-state index in [1.165, 1.54) is 9.78 Å². The number of thiophene rings is 1. The fourth-order valence-corrected chi connectivity index (χ4v) is 12.9. The number of hydrogen-bond donors (Lipinski definition) is 4. The maximum absolute atomic E-state index is 14.8. The fourth-order valence-electron chi connectivity index (χ4n) is 10.7. The number of aryl methyl sites for hydroxylation is 3. The minimum absolute atomic E-state index is 0.0198. The number of esters is 1. The van der Waals surface area contributed by atoms with Gasteiger partial charge in [-0.15, -0.1) is 44.5 Å². The van der Waals surface area contributed by atoms with Crippen molar-refractivity contribution in [3.63, 3.8) is 0 Å². The number of alkyl halides is 1. The van der Waals surface area contributed by atoms with E-state index in [1.807, 2.05) is 88.0 Å². The van der Waals surface area contributed by atoms with Crippen LogP contribution in [-0.4, -0.2) is 109 Å². The molecule has 420 valence electrons. The van der Waals surface area contributed by atoms with E-state index >= 15 is 0 Å². The molecule has 2 aliphatic heterocycles. The lowest BCUT2D eigenvalue weighted by Crippen LogP contribution is -2.57. The molecule has 4 amide bonds. The standard InChI is InChI=1S/C59H67ClN10O8S2/c1-30-33(4)80-58-50(30)51(36-15-17-39(60)18-16-36)65-44(54-68-67-34(5)70(54)58)27-48(71)64-40-24-42(25-40)76-41-19-20-46-38(22-41)23-47(78-46)56(74)66-53(59(6,7)8)57(75)69-28-43(77-49(72)10-9-21-61)26-45(69)55(73)63-31(2)35-11-13-37(14-12-35)52-32(3)62-29-79-52/h11-17,19-20,22-23,29,31,39-40,42-45,53H,9-10,18,21,24-28,61H2,1-8H3,(H,63,73)(H,64,71)(H,66,74)/t31-,39?,40?,42?,43?,44?,45-,53+/m0/s1. The van der Waals surface area contributed by atoms with Crippen LogP contribution in [0, 0.1) is 33.1 Å². The highest BCUT2D eigenvalue weighted by atomic mass is 35.5. The Labute approximate surface area is 477 Å². The molecule has 4 aliphatic rings. The number of carbonyl (C=O) groups is 5. The number of aliphatic imine (C=N–C) groups is 1. The average molecular weight is 1140 g/mol. The number of furan rings is 1. The molecule has 1 saturated carbocycles. The summed E-state index contributed by atoms with van der Waals surface area (Å²) in [5.74, 6) is -0.266. The van der Waals surface area contributed by atoms with Crippen LogP contribution in [0.15, 0.2) is 87.3 Å². The van der Waals surface area contributed by atoms with Crippen LogP contribution < -0.4 is 26.4 Å². The van der Waals surface area contributed by atoms with Crippen molar-refractivity contribution in [2.75, 3.05) is 13.1 Å². The molecule has 80 heavy (non-hydrogen) atoms. The van der Waals surface area contributed by atoms with Crippen LogP contribution in [0.3, 0.4) is 0 Å². The molecule has 6 heterocycles. The molecule has 3 unspecified atom stereocenters. The third-order valence-electron chi connectivity index (χ3n) is 15.3. The van der Waals surface area contributed by atoms with E-state index in [0.717, 1.165) is 54.9 Å². The lowest BCUT2D eigenvalue weighted by atomic mass is 9.85. The summed E-state index contributed by atoms with van der Waals surface area (Å²) in [5.41, 5.74) is 13.8. The second-order valence-electron chi connectivity index (χ2n) is 22.3. The van der Waals surface area contributed by atoms with Crippen LogP contribution in [0.2, 0.25) is 0 Å². The van der Waals surface area contributed by atoms with Gasteiger partial charge in [-0.05, 0) is 106 Å². The molecule has 0 bridgehead atoms. The fraction of sp³-hybridized carbons (Fsp3) is 0.441. The van der Waals surface area contributed by atoms with E-state index in [-0.39, 0.29) is 55.0 Å². The van der Waals surface area contributed by atoms with E-state index in [4.69, 9.17) is 36.2 Å². The van der Waals surface area contributed by atoms with Crippen LogP contribution in [0.4, 0.5) is 0 Å². The largest absolute Gasteiger partial charge is 0.490 e. The van der Waals surface area contributed by atoms with Crippen LogP contribution in [0.25, 0.3) is 26.4 Å². The van der Waals surface area contributed by atoms with Gasteiger partial charge in [-0.25, -0.2) is 4.98 Å². The second-order valence-corrected chi connectivity index (χ2v) is 24.9. The molecule has 21 heteroatoms. The number of rotatable bonds is 17. The highest BCUT2D eigenvalue weighted by Crippen LogP contribution is 2.41. The first kappa shape index (κ1) is 56.3. The zero-order valence-corrected chi connectivity index (χ0v) is 48.5. The third kappa shape index (κ3) is 11.9. The van der Waals surface area contributed by atoms with Crippen molar-refractivity contribution in [2.45, 2.75) is 148 Å². The van der Waals surface area contributed by atoms with Gasteiger partial charge in [0.05, 0.1) is 46.2 Å². The van der Waals surface area contributed by atoms with Gasteiger partial charge < -0.3 is 40.5 Å². The van der Waals surface area contributed by atoms with Gasteiger partial charge in [0.2, 0.25) is 17.7 Å². The van der Waals surface area contributed by atoms with Gasteiger partial charge in [-0.1, -0.05) is 63.3 Å². The Morgan fingerprint density at radius 2 is 1.75 bits per heavy atom. The molecule has 0 radical (unpaired) electrons. The molecule has 6 atom stereocenters. The van der Waals surface area contributed by atoms with Crippen LogP contribution in [-0.2, 0) is 23.9 Å². The number of benzene rings is 2. The van der Waals surface area contributed by atoms with Crippen molar-refractivity contribution < 1.29 is 37.9 Å². The van der Waals surface area contributed by atoms with Gasteiger partial charge in [0.25, 0.3) is 5.91 Å². The molecule has 2 aliphatic carbocycles. The minimum atomic E-state index is -1.11. The number of nitrogens with one attached hydrogen (secondary N) is 3. The Morgan fingerprint density at radius 3 is 2.45 bits per heavy atom. The molecule has 6 aromatic rings. The Kier molecular flexibility index (Phi) is 16.3. The summed E-state index contributed by atoms with van der Waals surface area (Å²) >= 11 is 9.66. The average Bonchev–Trinajstić information content (AvgIpc) is 4.33. The van der Waals surface area contributed by atoms with Gasteiger partial charge in [0, 0.05) is 47.6 Å². The van der Waals surface area contributed by atoms with Crippen LogP contribution in [0.5, 0.6) is 5.75 Å². The summed E-state index contributed by atoms with van der Waals surface area (Å²) in [5, 5.41) is 19.7. The zero-order valence-electron chi connectivity index (χ0n) is 46.1. The molecule has 0 spiro atoms. The molecule has 2 aromatic carbocycles. The molecule has 10 rings (SSSR count). The van der Waals surface area contributed by atoms with Crippen LogP contribution in [0.1, 0.15) is 134 Å². The quantitative estimate of drug-likeness (QED) is 0.0494. The number of fused-ring (bicyclic) bond motifs is 4. The van der Waals surface area contributed by atoms with Crippen molar-refractivity contribution in [1.29, 1.82) is 0 Å². The van der Waals surface area contributed by atoms with Crippen molar-refractivity contribution >= 4 is 80.6 Å². The van der Waals surface area contributed by atoms with E-state index in [2.05, 4.69) is 51.1 Å². The van der Waals surface area contributed by atoms with Gasteiger partial charge in [-0.3, -0.25) is 33.5 Å². The molecule has 5 N–H and O–H groups in total. The van der Waals surface area contributed by atoms with Gasteiger partial charge in [0.15, 0.2) is 11.6 Å². The maximum atomic E-state index is 14.8. The van der Waals surface area contributed by atoms with E-state index < -0.39 is 59.4 Å². The summed E-state index contributed by atoms with van der Waals surface area (Å²) < 4.78 is 20.2. The number of likely N-dealkylation sites (tertiary alicyclic amines) is 1. The molecule has 1 saturated heterocycles. The molecule has 18 nitrogen and oxygen atoms in total. The first-order chi connectivity index (χ1) is 38.2. The van der Waals surface area contributed by atoms with E-state index in [1.54, 1.807) is 46.9 Å². The Morgan fingerprint density at radius 1 is 0.975 bits per heavy atom. The van der Waals surface area contributed by atoms with E-state index in [0.29, 0.717) is 54.8 Å². The minimum Gasteiger partial charge on any atom is -0.490 e. The molecule has 4 aromatic heterocycles. The van der Waals surface area contributed by atoms with Crippen molar-refractivity contribution in [1.82, 2.24) is 40.6 Å². The Bertz CT molecular complexity index is 3450. The van der Waals surface area contributed by atoms with E-state index in [9.17, 15) is 24.0 Å². The second kappa shape index (κ2) is 23.2. The maximum Gasteiger partial charge on any atom is 0.306 e. The summed E-state index contributed by atoms with van der Waals surface area (Å²) in [6.07, 6.45) is 7.73. The van der Waals surface area contributed by atoms with Crippen molar-refractivity contribution in [3.05, 3.63) is 123 Å². The number of hydrogen-bond acceptors (Lipinski definition) is 15. The van der Waals surface area contributed by atoms with Gasteiger partial charge in [0.1, 0.15) is 52.5 Å². The highest BCUT2D eigenvalue weighted by molar-refractivity contribution is 7.15. The predicted octanol–water partition coefficient (Wildman–Crippen LogP) is 9.16. The lowest BCUT2D eigenvalue weighted by molar-refractivity contribution is -0.149. The number of ether oxygens (including phenoxy) is 2. The number of nitrogens with zero attached hydrogens (tertiary/aromatic N) is 6. The zero-order chi connectivity index (χ0) is 56.7. The molecular formula is C59H67ClN10O8S2. The molecular weight excluding hydrogens is 1080 g/mol. The Hall–Kier alpha value is -7.00. The number of halogens is 1. The smallest absolute Gasteiger partial charge is 0.306 e. The summed E-state index contributed by atoms with van der Waals surface area (Å²) in [7, 11) is 0. The number of amides is 4. The normalized spacial score (nSPS) is 21.3. The monoisotopic (exact) mass is 1140 g/mol. The lowest BCUT2D eigenvalue weighted by Gasteiger charge is -2.36. The highest BCUT2D eigenvalue weighted by Gasteiger charge is 2.47. The van der Waals surface area contributed by atoms with Gasteiger partial charge in [-0.2, -0.15) is 0 Å². The van der Waals surface area contributed by atoms with Crippen molar-refractivity contribution in [3.8, 4) is 21.2 Å². The van der Waals surface area contributed by atoms with Crippen LogP contribution >= 0.6 is 34.3 Å². The number of aromatic nitrogens is 4. The predicted molar refractivity (Wildman–Crippen MR) is 308 cm³/mol. The number of allylic oxidation sites excluding steroid dienone is 4. The topological polar surface area (TPSA) is 238 Å². The van der Waals surface area contributed by atoms with Crippen molar-refractivity contribution in [2.24, 2.45) is 16.1 Å². The number of nitrogens with two attached hydrogens (primary N) is 1. The number of carbonyl (C=O) groups excluding carboxylic acids is 5. The first-order valence-corrected chi connectivity index (χ1v) is 29.3. The summed E-state index contributed by atoms with van der Waals surface area (Å²) in [6.45, 7) is 15.7. The summed E-state index contributed by atoms with van der Waals surface area (Å²) in [6, 6.07) is 11.6. The van der Waals surface area contributed by atoms with Gasteiger partial charge >= 0.3 is 5.97 Å². The SMILES string of the molecule is Cc1ncsc1-c1ccc([C@H](C)NC(=O)[C@@H]2CC(OC(=O)CCCN)CN2C(=O)[C@@H](NC(=O)c2cc3cc(OC4CC(NC(=O)CC5N=C(C6=CCC(Cl)C=C6)c6c(sc(C)c6C)-n6c(C)nnc65)C4)ccc3o2)C(C)(C)C)cc1. The third-order valence-corrected chi connectivity index (χ3v) is 17.8. The Balaban J connectivity index is 0.774. The summed E-state index contributed by atoms with van der Waals surface area (Å²) in [4.78, 5) is 83.1. The first-order valence-electron chi connectivity index (χ1n) is 27.2. The molecule has 2 fully saturated rings.